The average Bonchev–Trinajstić information content (AvgIpc) is 0.707. The number of aromatic nitrogens is 8. The number of carbonyl (C=O) groups is 5. The Hall–Kier alpha value is -8.09. The van der Waals surface area contributed by atoms with Crippen molar-refractivity contribution in [2.75, 3.05) is 23.7 Å². The predicted octanol–water partition coefficient (Wildman–Crippen LogP) is -18.0. The minimum absolute atomic E-state index is 0. The van der Waals surface area contributed by atoms with Gasteiger partial charge in [-0.1, -0.05) is 91.0 Å². The van der Waals surface area contributed by atoms with Gasteiger partial charge in [-0.25, -0.2) is 67.0 Å². The first-order valence-corrected chi connectivity index (χ1v) is 44.5. The van der Waals surface area contributed by atoms with Crippen molar-refractivity contribution in [1.29, 1.82) is 0 Å². The van der Waals surface area contributed by atoms with Crippen LogP contribution in [0.25, 0.3) is 54.8 Å². The number of rotatable bonds is 22. The summed E-state index contributed by atoms with van der Waals surface area (Å²) in [6.45, 7) is -1.09. The van der Waals surface area contributed by atoms with E-state index in [9.17, 15) is 117 Å². The Kier molecular flexibility index (Phi) is 34.3. The van der Waals surface area contributed by atoms with Crippen molar-refractivity contribution in [3.8, 4) is 40.0 Å². The van der Waals surface area contributed by atoms with Gasteiger partial charge in [0.05, 0.1) is 117 Å². The van der Waals surface area contributed by atoms with E-state index < -0.39 is 240 Å². The molecule has 4 heterocycles. The van der Waals surface area contributed by atoms with Crippen LogP contribution >= 0.6 is 0 Å². The number of aromatic carboxylic acids is 1. The molecule has 7 N–H and O–H groups in total. The van der Waals surface area contributed by atoms with Crippen LogP contribution < -0.4 is 266 Å². The Morgan fingerprint density at radius 3 is 1.27 bits per heavy atom. The minimum Gasteiger partial charge on any atom is -0.846 e. The molecule has 55 heteroatoms. The maximum atomic E-state index is 15.0. The van der Waals surface area contributed by atoms with Gasteiger partial charge >= 0.3 is 213 Å². The molecule has 134 heavy (non-hydrogen) atoms. The van der Waals surface area contributed by atoms with Crippen LogP contribution in [0.3, 0.4) is 0 Å². The van der Waals surface area contributed by atoms with Gasteiger partial charge in [0.15, 0.2) is 23.1 Å². The molecule has 0 spiro atoms. The monoisotopic (exact) mass is 1990 g/mol. The standard InChI is InChI=1S/C79H54N14O28S6.7Na/c1-92-53-23-21-47(61-63(53)59(43-13-3-5-15-45(43)69(61)96)65(71(92)98)67(94)37-9-7-11-41(29-37)122(103,104)105)82-49-31-51(57(126(115,116)117)33-55(49)124(109,110)111)84-76-86-74(88-78(102)89-76)80-25-26-81-75-87-77(91-79(90-75)121-40-20-19-35-27-39(73(100)101)18-17-36(35)28-40)85-52-32-50(56(125(112,113)114)34-58(52)127(118,119)120)83-48-22-24-54-64-60(44-14-4-6-16-46(44)70(97)62(48)64)66(72(99)93(54)2)68(95)38-10-8-12-42(30-38)123(106,107)108;;;;;;;/h3-24,27-34,82-83H,25-26H2,1-2H3,(H,100,101)(H,103,104,105)(H,106,107,108)(H,109,110,111)(H,112,113,114)(H,115,116,117)(H,118,119,120)(H2,81,85,87,90,91)(H3,80,84,86,88,89,102);;;;;;;/q;7*+1/p-7. The Morgan fingerprint density at radius 1 is 0.425 bits per heavy atom. The number of carboxylic acid groups (broad SMARTS) is 1. The Morgan fingerprint density at radius 2 is 0.836 bits per heavy atom. The fraction of sp³-hybridized carbons (Fsp3) is 0.0506. The summed E-state index contributed by atoms with van der Waals surface area (Å²) in [5.41, 5.74) is -13.1. The smallest absolute Gasteiger partial charge is 0.846 e. The van der Waals surface area contributed by atoms with Crippen LogP contribution in [0.15, 0.2) is 241 Å². The molecule has 2 aliphatic rings. The van der Waals surface area contributed by atoms with E-state index in [1.54, 1.807) is 0 Å². The Balaban J connectivity index is 0.00000288. The second-order valence-corrected chi connectivity index (χ2v) is 36.1. The van der Waals surface area contributed by atoms with E-state index in [1.165, 1.54) is 111 Å². The molecule has 0 amide bonds. The molecule has 0 saturated heterocycles. The molecular formula is C79H47N14Na7O28S6. The van der Waals surface area contributed by atoms with Crippen LogP contribution in [0.5, 0.6) is 17.8 Å². The normalized spacial score (nSPS) is 12.7. The van der Waals surface area contributed by atoms with Gasteiger partial charge in [-0.05, 0) is 118 Å². The van der Waals surface area contributed by atoms with Crippen molar-refractivity contribution >= 4 is 157 Å². The number of ketones is 4. The first-order chi connectivity index (χ1) is 59.8. The number of hydrogen-bond acceptors (Lipinski definition) is 35. The summed E-state index contributed by atoms with van der Waals surface area (Å²) >= 11 is 0. The summed E-state index contributed by atoms with van der Waals surface area (Å²) < 4.78 is 238. The van der Waals surface area contributed by atoms with E-state index in [1.807, 2.05) is 0 Å². The number of nitrogens with zero attached hydrogens (tertiary/aromatic N) is 8. The van der Waals surface area contributed by atoms with E-state index in [-0.39, 0.29) is 291 Å². The zero-order chi connectivity index (χ0) is 91.0. The minimum atomic E-state index is -5.91. The number of ether oxygens (including phenoxy) is 1. The number of carboxylic acids is 1. The SMILES string of the molecule is Cn1c(=O)c(C(=O)c2cccc(S(=O)(=O)[O-])c2)c2c3c(c(Nc4cc(N=c5[nH]c([O-])nc(=NCCN=c6nc(Oc7ccc8cc(C(=O)[O-])ccc8c7)[nH]c(=Nc7cc(Nc8ccc9c%10c8C(=O)c8ccccc8-c%10c(C(=O)c8cccc(S(=O)(=O)[O-])c8)c(=O)n9C)c(S(=O)(=O)[O-])cc7S(=O)(=O)O)[nH]6)[nH]5)c(S(=O)(=O)[O-])cc4S(=O)(=O)[O-])ccc31)C(=O)c1ccccc1-2.[Na+].[Na+].[Na+].[Na+].[Na+].[Na+].[Na+]. The third-order valence-electron chi connectivity index (χ3n) is 20.1. The zero-order valence-electron chi connectivity index (χ0n) is 70.7. The van der Waals surface area contributed by atoms with Gasteiger partial charge in [0.1, 0.15) is 61.2 Å². The van der Waals surface area contributed by atoms with Gasteiger partial charge < -0.3 is 67.3 Å². The van der Waals surface area contributed by atoms with Crippen LogP contribution in [0.4, 0.5) is 34.1 Å². The second kappa shape index (κ2) is 41.9. The average molecular weight is 1990 g/mol. The molecule has 0 aliphatic heterocycles. The maximum Gasteiger partial charge on any atom is 1.00 e. The van der Waals surface area contributed by atoms with Crippen molar-refractivity contribution in [3.05, 3.63) is 275 Å². The summed E-state index contributed by atoms with van der Waals surface area (Å²) in [4.78, 5) is 127. The molecule has 0 radical (unpaired) electrons. The molecule has 0 bridgehead atoms. The maximum absolute atomic E-state index is 15.0. The first-order valence-electron chi connectivity index (χ1n) is 36.0. The molecule has 0 saturated carbocycles. The number of nitrogens with one attached hydrogen (secondary N) is 6. The Bertz CT molecular complexity index is 8660. The number of aromatic amines is 4. The van der Waals surface area contributed by atoms with Crippen LogP contribution in [0.2, 0.25) is 0 Å². The molecule has 16 rings (SSSR count). The second-order valence-electron chi connectivity index (χ2n) is 27.9. The van der Waals surface area contributed by atoms with Gasteiger partial charge in [-0.15, -0.1) is 0 Å². The number of pyridine rings is 2. The topological polar surface area (TPSA) is 688 Å². The van der Waals surface area contributed by atoms with Crippen molar-refractivity contribution < 1.29 is 324 Å². The van der Waals surface area contributed by atoms with Gasteiger partial charge in [0.25, 0.3) is 21.2 Å². The fourth-order valence-corrected chi connectivity index (χ4v) is 18.3. The Labute approximate surface area is 909 Å². The van der Waals surface area contributed by atoms with E-state index in [0.717, 1.165) is 69.8 Å². The quantitative estimate of drug-likeness (QED) is 0.0143. The third-order valence-corrected chi connectivity index (χ3v) is 25.3. The molecule has 0 fully saturated rings. The predicted molar refractivity (Wildman–Crippen MR) is 430 cm³/mol. The van der Waals surface area contributed by atoms with Crippen molar-refractivity contribution in [2.24, 2.45) is 34.1 Å². The number of anilines is 4. The number of H-pyrrole nitrogens is 4. The molecule has 42 nitrogen and oxygen atoms in total. The number of aryl methyl sites for hydroxylation is 2. The molecule has 4 aromatic heterocycles. The van der Waals surface area contributed by atoms with E-state index in [0.29, 0.717) is 22.9 Å². The van der Waals surface area contributed by atoms with Gasteiger partial charge in [0, 0.05) is 58.2 Å². The number of benzene rings is 10. The van der Waals surface area contributed by atoms with E-state index in [2.05, 4.69) is 60.5 Å². The van der Waals surface area contributed by atoms with E-state index in [4.69, 9.17) is 4.74 Å². The summed E-state index contributed by atoms with van der Waals surface area (Å²) in [7, 11) is -31.3. The fourth-order valence-electron chi connectivity index (χ4n) is 14.6. The van der Waals surface area contributed by atoms with Crippen molar-refractivity contribution in [2.45, 2.75) is 29.4 Å². The summed E-state index contributed by atoms with van der Waals surface area (Å²) in [5, 5.41) is 30.8. The zero-order valence-corrected chi connectivity index (χ0v) is 89.6. The number of carbonyl (C=O) groups excluding carboxylic acids is 5. The molecule has 10 aromatic carbocycles. The van der Waals surface area contributed by atoms with Gasteiger partial charge in [0.2, 0.25) is 22.5 Å². The number of hydrogen-bond donors (Lipinski definition) is 7. The molecular weight excluding hydrogens is 1950 g/mol. The molecule has 2 aliphatic carbocycles. The van der Waals surface area contributed by atoms with Crippen LogP contribution in [-0.4, -0.2) is 159 Å². The summed E-state index contributed by atoms with van der Waals surface area (Å²) in [6.07, 6.45) is 0. The molecule has 0 unspecified atom stereocenters. The summed E-state index contributed by atoms with van der Waals surface area (Å²) in [5.74, 6) is -5.49. The van der Waals surface area contributed by atoms with Crippen molar-refractivity contribution in [1.82, 2.24) is 39.0 Å². The third kappa shape index (κ3) is 21.8. The van der Waals surface area contributed by atoms with Crippen LogP contribution in [0.1, 0.15) is 74.0 Å². The summed E-state index contributed by atoms with van der Waals surface area (Å²) in [6, 6.07) is 31.4. The number of fused-ring (bicyclic) bond motifs is 5. The first kappa shape index (κ1) is 110. The molecule has 0 atom stereocenters. The van der Waals surface area contributed by atoms with Gasteiger partial charge in [-0.3, -0.25) is 48.3 Å². The molecule has 14 aromatic rings. The van der Waals surface area contributed by atoms with Gasteiger partial charge in [-0.2, -0.15) is 13.4 Å². The van der Waals surface area contributed by atoms with E-state index >= 15 is 4.79 Å². The van der Waals surface area contributed by atoms with Crippen molar-refractivity contribution in [3.63, 3.8) is 0 Å². The van der Waals surface area contributed by atoms with Crippen LogP contribution in [0, 0.1) is 0 Å². The molecule has 644 valence electrons. The largest absolute Gasteiger partial charge is 1.00 e. The van der Waals surface area contributed by atoms with Crippen LogP contribution in [-0.2, 0) is 74.8 Å².